The molecular formula is C17H20FNO. The van der Waals surface area contributed by atoms with Crippen molar-refractivity contribution in [2.75, 3.05) is 14.2 Å². The van der Waals surface area contributed by atoms with E-state index >= 15 is 0 Å². The first-order valence-electron chi connectivity index (χ1n) is 6.71. The highest BCUT2D eigenvalue weighted by Crippen LogP contribution is 2.26. The molecule has 20 heavy (non-hydrogen) atoms. The molecule has 0 bridgehead atoms. The standard InChI is InChI=1S/C17H20FNO/c1-12-7-4-5-9-14(12)15(19-2)11-13-8-6-10-16(20-3)17(13)18/h4-10,15,19H,11H2,1-3H3. The average Bonchev–Trinajstić information content (AvgIpc) is 2.47. The number of methoxy groups -OCH3 is 1. The van der Waals surface area contributed by atoms with E-state index in [1.807, 2.05) is 25.2 Å². The fourth-order valence-electron chi connectivity index (χ4n) is 2.44. The lowest BCUT2D eigenvalue weighted by atomic mass is 9.95. The van der Waals surface area contributed by atoms with Crippen molar-refractivity contribution in [3.05, 3.63) is 65.0 Å². The molecule has 0 fully saturated rings. The van der Waals surface area contributed by atoms with Crippen molar-refractivity contribution in [2.24, 2.45) is 0 Å². The maximum Gasteiger partial charge on any atom is 0.168 e. The number of ether oxygens (including phenoxy) is 1. The van der Waals surface area contributed by atoms with Crippen LogP contribution in [-0.4, -0.2) is 14.2 Å². The predicted octanol–water partition coefficient (Wildman–Crippen LogP) is 3.65. The first-order chi connectivity index (χ1) is 9.67. The molecule has 2 aromatic rings. The zero-order valence-electron chi connectivity index (χ0n) is 12.1. The number of likely N-dealkylation sites (N-methyl/N-ethyl adjacent to an activating group) is 1. The van der Waals surface area contributed by atoms with Crippen LogP contribution in [0.5, 0.6) is 5.75 Å². The van der Waals surface area contributed by atoms with Gasteiger partial charge in [-0.15, -0.1) is 0 Å². The Hall–Kier alpha value is -1.87. The smallest absolute Gasteiger partial charge is 0.168 e. The van der Waals surface area contributed by atoms with Crippen molar-refractivity contribution < 1.29 is 9.13 Å². The van der Waals surface area contributed by atoms with E-state index in [1.165, 1.54) is 18.2 Å². The second kappa shape index (κ2) is 6.53. The van der Waals surface area contributed by atoms with Crippen LogP contribution in [-0.2, 0) is 6.42 Å². The molecule has 0 heterocycles. The van der Waals surface area contributed by atoms with Crippen LogP contribution in [0.1, 0.15) is 22.7 Å². The van der Waals surface area contributed by atoms with Gasteiger partial charge in [0, 0.05) is 6.04 Å². The van der Waals surface area contributed by atoms with Crippen LogP contribution in [0.25, 0.3) is 0 Å². The van der Waals surface area contributed by atoms with Crippen LogP contribution >= 0.6 is 0 Å². The third-order valence-electron chi connectivity index (χ3n) is 3.60. The van der Waals surface area contributed by atoms with Gasteiger partial charge in [-0.3, -0.25) is 0 Å². The Kier molecular flexibility index (Phi) is 4.74. The van der Waals surface area contributed by atoms with Gasteiger partial charge >= 0.3 is 0 Å². The third-order valence-corrected chi connectivity index (χ3v) is 3.60. The van der Waals surface area contributed by atoms with E-state index in [1.54, 1.807) is 12.1 Å². The average molecular weight is 273 g/mol. The van der Waals surface area contributed by atoms with Crippen LogP contribution in [0.3, 0.4) is 0 Å². The summed E-state index contributed by atoms with van der Waals surface area (Å²) in [6.07, 6.45) is 0.588. The number of benzene rings is 2. The zero-order valence-corrected chi connectivity index (χ0v) is 12.1. The lowest BCUT2D eigenvalue weighted by molar-refractivity contribution is 0.383. The lowest BCUT2D eigenvalue weighted by Gasteiger charge is -2.19. The molecule has 1 atom stereocenters. The Labute approximate surface area is 119 Å². The molecule has 0 aliphatic heterocycles. The summed E-state index contributed by atoms with van der Waals surface area (Å²) in [5, 5.41) is 3.26. The second-order valence-corrected chi connectivity index (χ2v) is 4.84. The summed E-state index contributed by atoms with van der Waals surface area (Å²) in [6, 6.07) is 13.5. The van der Waals surface area contributed by atoms with E-state index in [0.29, 0.717) is 17.7 Å². The van der Waals surface area contributed by atoms with Crippen LogP contribution in [0.15, 0.2) is 42.5 Å². The molecule has 0 aromatic heterocycles. The summed E-state index contributed by atoms with van der Waals surface area (Å²) in [5.74, 6) is 0.0194. The molecule has 2 aromatic carbocycles. The fraction of sp³-hybridized carbons (Fsp3) is 0.294. The van der Waals surface area contributed by atoms with E-state index in [0.717, 1.165) is 0 Å². The number of rotatable bonds is 5. The Balaban J connectivity index is 2.30. The molecule has 1 unspecified atom stereocenters. The van der Waals surface area contributed by atoms with Gasteiger partial charge < -0.3 is 10.1 Å². The molecule has 3 heteroatoms. The molecule has 0 amide bonds. The number of hydrogen-bond acceptors (Lipinski definition) is 2. The minimum Gasteiger partial charge on any atom is -0.494 e. The highest BCUT2D eigenvalue weighted by Gasteiger charge is 2.16. The Morgan fingerprint density at radius 3 is 2.55 bits per heavy atom. The molecule has 0 radical (unpaired) electrons. The summed E-state index contributed by atoms with van der Waals surface area (Å²) < 4.78 is 19.3. The van der Waals surface area contributed by atoms with Gasteiger partial charge in [0.05, 0.1) is 7.11 Å². The van der Waals surface area contributed by atoms with Gasteiger partial charge in [0.25, 0.3) is 0 Å². The van der Waals surface area contributed by atoms with Crippen LogP contribution in [0.4, 0.5) is 4.39 Å². The first kappa shape index (κ1) is 14.5. The van der Waals surface area contributed by atoms with Crippen molar-refractivity contribution >= 4 is 0 Å². The minimum absolute atomic E-state index is 0.0813. The van der Waals surface area contributed by atoms with Gasteiger partial charge in [0.2, 0.25) is 0 Å². The second-order valence-electron chi connectivity index (χ2n) is 4.84. The van der Waals surface area contributed by atoms with E-state index in [4.69, 9.17) is 4.74 Å². The molecule has 106 valence electrons. The third kappa shape index (κ3) is 2.99. The highest BCUT2D eigenvalue weighted by atomic mass is 19.1. The van der Waals surface area contributed by atoms with Gasteiger partial charge in [-0.1, -0.05) is 36.4 Å². The lowest BCUT2D eigenvalue weighted by Crippen LogP contribution is -2.20. The van der Waals surface area contributed by atoms with Crippen LogP contribution in [0.2, 0.25) is 0 Å². The van der Waals surface area contributed by atoms with Gasteiger partial charge in [-0.05, 0) is 43.1 Å². The van der Waals surface area contributed by atoms with Crippen molar-refractivity contribution in [3.63, 3.8) is 0 Å². The summed E-state index contributed by atoms with van der Waals surface area (Å²) in [7, 11) is 3.38. The molecular weight excluding hydrogens is 253 g/mol. The number of halogens is 1. The molecule has 0 saturated heterocycles. The summed E-state index contributed by atoms with van der Waals surface area (Å²) in [6.45, 7) is 2.07. The predicted molar refractivity (Wildman–Crippen MR) is 79.6 cm³/mol. The fourth-order valence-corrected chi connectivity index (χ4v) is 2.44. The van der Waals surface area contributed by atoms with Gasteiger partial charge in [0.1, 0.15) is 0 Å². The van der Waals surface area contributed by atoms with Crippen molar-refractivity contribution in [1.82, 2.24) is 5.32 Å². The summed E-state index contributed by atoms with van der Waals surface area (Å²) >= 11 is 0. The maximum absolute atomic E-state index is 14.2. The molecule has 0 aliphatic rings. The van der Waals surface area contributed by atoms with Gasteiger partial charge in [-0.2, -0.15) is 0 Å². The topological polar surface area (TPSA) is 21.3 Å². The van der Waals surface area contributed by atoms with Crippen molar-refractivity contribution in [2.45, 2.75) is 19.4 Å². The first-order valence-corrected chi connectivity index (χ1v) is 6.71. The van der Waals surface area contributed by atoms with Gasteiger partial charge in [0.15, 0.2) is 11.6 Å². The van der Waals surface area contributed by atoms with Gasteiger partial charge in [-0.25, -0.2) is 4.39 Å². The van der Waals surface area contributed by atoms with Crippen LogP contribution < -0.4 is 10.1 Å². The van der Waals surface area contributed by atoms with Crippen LogP contribution in [0, 0.1) is 12.7 Å². The number of hydrogen-bond donors (Lipinski definition) is 1. The van der Waals surface area contributed by atoms with Crippen molar-refractivity contribution in [1.29, 1.82) is 0 Å². The van der Waals surface area contributed by atoms with E-state index in [-0.39, 0.29) is 11.9 Å². The summed E-state index contributed by atoms with van der Waals surface area (Å²) in [4.78, 5) is 0. The van der Waals surface area contributed by atoms with E-state index in [9.17, 15) is 4.39 Å². The molecule has 0 saturated carbocycles. The Morgan fingerprint density at radius 1 is 1.15 bits per heavy atom. The van der Waals surface area contributed by atoms with E-state index < -0.39 is 0 Å². The number of nitrogens with one attached hydrogen (secondary N) is 1. The van der Waals surface area contributed by atoms with E-state index in [2.05, 4.69) is 24.4 Å². The monoisotopic (exact) mass is 273 g/mol. The molecule has 0 spiro atoms. The minimum atomic E-state index is -0.274. The Morgan fingerprint density at radius 2 is 1.90 bits per heavy atom. The maximum atomic E-state index is 14.2. The van der Waals surface area contributed by atoms with Crippen molar-refractivity contribution in [3.8, 4) is 5.75 Å². The zero-order chi connectivity index (χ0) is 14.5. The largest absolute Gasteiger partial charge is 0.494 e. The number of aryl methyl sites for hydroxylation is 1. The highest BCUT2D eigenvalue weighted by molar-refractivity contribution is 5.34. The Bertz CT molecular complexity index is 583. The molecule has 1 N–H and O–H groups in total. The molecule has 0 aliphatic carbocycles. The normalized spacial score (nSPS) is 12.2. The quantitative estimate of drug-likeness (QED) is 0.898. The summed E-state index contributed by atoms with van der Waals surface area (Å²) in [5.41, 5.74) is 3.05. The molecule has 2 nitrogen and oxygen atoms in total. The molecule has 2 rings (SSSR count). The SMILES string of the molecule is CNC(Cc1cccc(OC)c1F)c1ccccc1C.